The van der Waals surface area contributed by atoms with Crippen LogP contribution in [0.4, 0.5) is 27.5 Å². The molecule has 10 nitrogen and oxygen atoms in total. The Morgan fingerprint density at radius 3 is 2.40 bits per heavy atom. The summed E-state index contributed by atoms with van der Waals surface area (Å²) in [5.41, 5.74) is 1.56. The fourth-order valence-electron chi connectivity index (χ4n) is 2.90. The second-order valence-electron chi connectivity index (χ2n) is 7.17. The predicted molar refractivity (Wildman–Crippen MR) is 131 cm³/mol. The molecule has 4 aromatic rings. The van der Waals surface area contributed by atoms with E-state index in [0.29, 0.717) is 16.9 Å². The third-order valence-electron chi connectivity index (χ3n) is 4.61. The average molecular weight is 535 g/mol. The number of benzene rings is 2. The zero-order chi connectivity index (χ0) is 25.1. The van der Waals surface area contributed by atoms with Crippen LogP contribution in [0.5, 0.6) is 0 Å². The normalized spacial score (nSPS) is 11.8. The van der Waals surface area contributed by atoms with Crippen molar-refractivity contribution < 1.29 is 21.2 Å². The van der Waals surface area contributed by atoms with Gasteiger partial charge in [0.05, 0.1) is 11.1 Å². The maximum absolute atomic E-state index is 14.3. The molecule has 0 aliphatic heterocycles. The third kappa shape index (κ3) is 6.37. The summed E-state index contributed by atoms with van der Waals surface area (Å²) in [5, 5.41) is 12.5. The highest BCUT2D eigenvalue weighted by Crippen LogP contribution is 2.22. The Morgan fingerprint density at radius 2 is 1.71 bits per heavy atom. The fraction of sp³-hybridized carbons (Fsp3) is 0.0476. The lowest BCUT2D eigenvalue weighted by Gasteiger charge is -2.11. The molecule has 2 heterocycles. The summed E-state index contributed by atoms with van der Waals surface area (Å²) in [6, 6.07) is 15.6. The number of anilines is 4. The van der Waals surface area contributed by atoms with E-state index in [1.165, 1.54) is 24.3 Å². The summed E-state index contributed by atoms with van der Waals surface area (Å²) in [6.07, 6.45) is 0.967. The van der Waals surface area contributed by atoms with Crippen molar-refractivity contribution >= 4 is 54.5 Å². The Morgan fingerprint density at radius 1 is 0.943 bits per heavy atom. The summed E-state index contributed by atoms with van der Waals surface area (Å²) < 4.78 is 64.6. The second-order valence-corrected chi connectivity index (χ2v) is 11.7. The van der Waals surface area contributed by atoms with Crippen molar-refractivity contribution in [2.45, 2.75) is 15.6 Å². The van der Waals surface area contributed by atoms with Crippen LogP contribution in [0.1, 0.15) is 5.56 Å². The minimum atomic E-state index is -3.89. The van der Waals surface area contributed by atoms with Crippen LogP contribution in [0.15, 0.2) is 81.3 Å². The number of rotatable bonds is 9. The van der Waals surface area contributed by atoms with E-state index in [4.69, 9.17) is 5.14 Å². The van der Waals surface area contributed by atoms with Crippen molar-refractivity contribution in [3.8, 4) is 0 Å². The van der Waals surface area contributed by atoms with Gasteiger partial charge in [0.1, 0.15) is 4.21 Å². The molecule has 0 radical (unpaired) electrons. The number of hydrogen-bond donors (Lipinski definition) is 4. The van der Waals surface area contributed by atoms with Crippen molar-refractivity contribution in [3.63, 3.8) is 0 Å². The topological polar surface area (TPSA) is 156 Å². The van der Waals surface area contributed by atoms with E-state index < -0.39 is 25.9 Å². The van der Waals surface area contributed by atoms with Crippen LogP contribution < -0.4 is 20.5 Å². The van der Waals surface area contributed by atoms with E-state index in [1.807, 2.05) is 0 Å². The van der Waals surface area contributed by atoms with Gasteiger partial charge >= 0.3 is 0 Å². The molecule has 4 rings (SSSR count). The molecule has 182 valence electrons. The van der Waals surface area contributed by atoms with Crippen LogP contribution in [-0.2, 0) is 26.6 Å². The SMILES string of the molecule is NS(=O)(=O)c1cccc(Nc2ncc(F)c(Nc3ccc(CNS(=O)(=O)c4cccs4)cc3)n2)c1. The van der Waals surface area contributed by atoms with E-state index in [-0.39, 0.29) is 27.4 Å². The van der Waals surface area contributed by atoms with Gasteiger partial charge in [-0.05, 0) is 47.3 Å². The van der Waals surface area contributed by atoms with Crippen molar-refractivity contribution in [2.75, 3.05) is 10.6 Å². The molecule has 14 heteroatoms. The van der Waals surface area contributed by atoms with E-state index >= 15 is 0 Å². The first kappa shape index (κ1) is 24.7. The fourth-order valence-corrected chi connectivity index (χ4v) is 5.52. The Hall–Kier alpha value is -3.43. The van der Waals surface area contributed by atoms with Crippen molar-refractivity contribution in [1.29, 1.82) is 0 Å². The lowest BCUT2D eigenvalue weighted by Crippen LogP contribution is -2.22. The first-order chi connectivity index (χ1) is 16.6. The molecule has 0 aliphatic carbocycles. The number of hydrogen-bond acceptors (Lipinski definition) is 9. The van der Waals surface area contributed by atoms with Crippen molar-refractivity contribution in [2.24, 2.45) is 5.14 Å². The maximum atomic E-state index is 14.3. The zero-order valence-electron chi connectivity index (χ0n) is 17.8. The number of thiophene rings is 1. The second kappa shape index (κ2) is 10.1. The number of sulfonamides is 2. The summed E-state index contributed by atoms with van der Waals surface area (Å²) in [6.45, 7) is 0.0913. The highest BCUT2D eigenvalue weighted by Gasteiger charge is 2.15. The summed E-state index contributed by atoms with van der Waals surface area (Å²) in [5.74, 6) is -0.794. The van der Waals surface area contributed by atoms with Crippen molar-refractivity contribution in [1.82, 2.24) is 14.7 Å². The first-order valence-electron chi connectivity index (χ1n) is 9.92. The Labute approximate surface area is 205 Å². The largest absolute Gasteiger partial charge is 0.338 e. The number of aromatic nitrogens is 2. The number of nitrogens with two attached hydrogens (primary N) is 1. The standard InChI is InChI=1S/C21H19FN6O4S3/c22-18-13-24-21(27-16-3-1-4-17(11-16)34(23,29)30)28-20(18)26-15-8-6-14(7-9-15)12-25-35(31,32)19-5-2-10-33-19/h1-11,13,25H,12H2,(H2,23,29,30)(H2,24,26,27,28). The number of nitrogens with zero attached hydrogens (tertiary/aromatic N) is 2. The number of nitrogens with one attached hydrogen (secondary N) is 3. The quantitative estimate of drug-likeness (QED) is 0.255. The molecular formula is C21H19FN6O4S3. The van der Waals surface area contributed by atoms with E-state index in [0.717, 1.165) is 17.5 Å². The highest BCUT2D eigenvalue weighted by atomic mass is 32.2. The molecule has 0 spiro atoms. The smallest absolute Gasteiger partial charge is 0.250 e. The van der Waals surface area contributed by atoms with Gasteiger partial charge in [-0.15, -0.1) is 11.3 Å². The maximum Gasteiger partial charge on any atom is 0.250 e. The van der Waals surface area contributed by atoms with Crippen LogP contribution in [0, 0.1) is 5.82 Å². The van der Waals surface area contributed by atoms with E-state index in [9.17, 15) is 21.2 Å². The van der Waals surface area contributed by atoms with Gasteiger partial charge in [-0.3, -0.25) is 0 Å². The molecule has 0 atom stereocenters. The molecule has 2 aromatic heterocycles. The highest BCUT2D eigenvalue weighted by molar-refractivity contribution is 7.91. The van der Waals surface area contributed by atoms with E-state index in [1.54, 1.807) is 41.8 Å². The molecule has 0 saturated carbocycles. The van der Waals surface area contributed by atoms with Gasteiger partial charge in [-0.1, -0.05) is 24.3 Å². The molecule has 0 bridgehead atoms. The molecule has 0 amide bonds. The molecule has 0 unspecified atom stereocenters. The molecule has 2 aromatic carbocycles. The molecule has 0 fully saturated rings. The first-order valence-corrected chi connectivity index (χ1v) is 13.8. The van der Waals surface area contributed by atoms with Crippen LogP contribution >= 0.6 is 11.3 Å². The molecule has 35 heavy (non-hydrogen) atoms. The summed E-state index contributed by atoms with van der Waals surface area (Å²) in [4.78, 5) is 7.87. The van der Waals surface area contributed by atoms with Crippen LogP contribution in [0.2, 0.25) is 0 Å². The third-order valence-corrected chi connectivity index (χ3v) is 8.32. The van der Waals surface area contributed by atoms with Gasteiger partial charge in [-0.25, -0.2) is 36.1 Å². The molecule has 0 aliphatic rings. The minimum absolute atomic E-state index is 0.0278. The van der Waals surface area contributed by atoms with Gasteiger partial charge in [0.2, 0.25) is 26.0 Å². The summed E-state index contributed by atoms with van der Waals surface area (Å²) in [7, 11) is -7.47. The van der Waals surface area contributed by atoms with Crippen molar-refractivity contribution in [3.05, 3.63) is 83.6 Å². The van der Waals surface area contributed by atoms with Crippen LogP contribution in [-0.4, -0.2) is 26.8 Å². The molecule has 5 N–H and O–H groups in total. The lowest BCUT2D eigenvalue weighted by molar-refractivity contribution is 0.583. The average Bonchev–Trinajstić information content (AvgIpc) is 3.37. The lowest BCUT2D eigenvalue weighted by atomic mass is 10.2. The number of primary sulfonamides is 1. The monoisotopic (exact) mass is 534 g/mol. The zero-order valence-corrected chi connectivity index (χ0v) is 20.3. The Balaban J connectivity index is 1.43. The van der Waals surface area contributed by atoms with Gasteiger partial charge in [0, 0.05) is 17.9 Å². The Bertz CT molecular complexity index is 1540. The Kier molecular flexibility index (Phi) is 7.09. The number of halogens is 1. The van der Waals surface area contributed by atoms with Gasteiger partial charge in [0.15, 0.2) is 11.6 Å². The van der Waals surface area contributed by atoms with Crippen LogP contribution in [0.25, 0.3) is 0 Å². The molecular weight excluding hydrogens is 515 g/mol. The predicted octanol–water partition coefficient (Wildman–Crippen LogP) is 3.29. The minimum Gasteiger partial charge on any atom is -0.338 e. The van der Waals surface area contributed by atoms with Gasteiger partial charge in [-0.2, -0.15) is 4.98 Å². The molecule has 0 saturated heterocycles. The van der Waals surface area contributed by atoms with Gasteiger partial charge in [0.25, 0.3) is 0 Å². The summed E-state index contributed by atoms with van der Waals surface area (Å²) >= 11 is 1.13. The van der Waals surface area contributed by atoms with Gasteiger partial charge < -0.3 is 10.6 Å². The van der Waals surface area contributed by atoms with Crippen LogP contribution in [0.3, 0.4) is 0 Å². The van der Waals surface area contributed by atoms with E-state index in [2.05, 4.69) is 25.3 Å².